The summed E-state index contributed by atoms with van der Waals surface area (Å²) < 4.78 is 40.0. The second-order valence-corrected chi connectivity index (χ2v) is 6.96. The van der Waals surface area contributed by atoms with E-state index in [0.29, 0.717) is 30.0 Å². The van der Waals surface area contributed by atoms with Crippen molar-refractivity contribution >= 4 is 11.5 Å². The van der Waals surface area contributed by atoms with Crippen molar-refractivity contribution in [2.45, 2.75) is 32.3 Å². The highest BCUT2D eigenvalue weighted by Gasteiger charge is 2.18. The number of hydrogen-bond acceptors (Lipinski definition) is 4. The monoisotopic (exact) mass is 417 g/mol. The Hall–Kier alpha value is -3.09. The maximum Gasteiger partial charge on any atom is 0.386 e. The first-order chi connectivity index (χ1) is 14.5. The molecular formula is C23H25F2NO4. The number of rotatable bonds is 9. The Bertz CT molecular complexity index is 927. The van der Waals surface area contributed by atoms with Crippen LogP contribution in [-0.2, 0) is 28.8 Å². The van der Waals surface area contributed by atoms with E-state index in [-0.39, 0.29) is 5.57 Å². The van der Waals surface area contributed by atoms with Crippen LogP contribution >= 0.6 is 0 Å². The number of carbonyl (C=O) groups is 1. The van der Waals surface area contributed by atoms with Crippen LogP contribution in [-0.4, -0.2) is 33.3 Å². The summed E-state index contributed by atoms with van der Waals surface area (Å²) in [7, 11) is 3.12. The number of carbonyl (C=O) groups excluding carboxylic acids is 1. The molecule has 3 rings (SSSR count). The summed E-state index contributed by atoms with van der Waals surface area (Å²) in [5.41, 5.74) is 3.98. The smallest absolute Gasteiger partial charge is 0.386 e. The number of nitrogens with one attached hydrogen (secondary N) is 1. The first kappa shape index (κ1) is 21.6. The molecule has 0 bridgehead atoms. The Morgan fingerprint density at radius 1 is 1.07 bits per heavy atom. The number of halogens is 2. The van der Waals surface area contributed by atoms with Crippen LogP contribution in [0.25, 0.3) is 5.57 Å². The highest BCUT2D eigenvalue weighted by atomic mass is 19.3. The molecule has 1 aliphatic carbocycles. The van der Waals surface area contributed by atoms with Gasteiger partial charge in [-0.1, -0.05) is 24.3 Å². The van der Waals surface area contributed by atoms with Gasteiger partial charge in [0.2, 0.25) is 0 Å². The van der Waals surface area contributed by atoms with Crippen LogP contribution in [0.2, 0.25) is 0 Å². The third-order valence-corrected chi connectivity index (χ3v) is 5.09. The topological polar surface area (TPSA) is 56.8 Å². The summed E-state index contributed by atoms with van der Waals surface area (Å²) in [6, 6.07) is 11.1. The van der Waals surface area contributed by atoms with Crippen molar-refractivity contribution in [2.75, 3.05) is 20.8 Å². The van der Waals surface area contributed by atoms with Gasteiger partial charge >= 0.3 is 6.61 Å². The van der Waals surface area contributed by atoms with Crippen molar-refractivity contribution in [1.82, 2.24) is 5.32 Å². The van der Waals surface area contributed by atoms with Gasteiger partial charge in [-0.25, -0.2) is 0 Å². The van der Waals surface area contributed by atoms with Crippen LogP contribution in [0.5, 0.6) is 11.5 Å². The second kappa shape index (κ2) is 10.1. The van der Waals surface area contributed by atoms with Gasteiger partial charge in [-0.3, -0.25) is 4.79 Å². The number of ether oxygens (including phenoxy) is 3. The van der Waals surface area contributed by atoms with Crippen molar-refractivity contribution in [1.29, 1.82) is 0 Å². The van der Waals surface area contributed by atoms with Crippen LogP contribution in [0.3, 0.4) is 0 Å². The van der Waals surface area contributed by atoms with Gasteiger partial charge in [0, 0.05) is 6.54 Å². The van der Waals surface area contributed by atoms with Gasteiger partial charge in [0.05, 0.1) is 19.8 Å². The number of amides is 1. The minimum absolute atomic E-state index is 0.0808. The van der Waals surface area contributed by atoms with Crippen molar-refractivity contribution in [3.05, 3.63) is 64.9 Å². The van der Waals surface area contributed by atoms with Gasteiger partial charge < -0.3 is 19.5 Å². The van der Waals surface area contributed by atoms with E-state index in [1.54, 1.807) is 26.4 Å². The Balaban J connectivity index is 1.69. The lowest BCUT2D eigenvalue weighted by atomic mass is 10.0. The molecule has 0 saturated heterocycles. The standard InChI is InChI=1S/C23H25F2NO4/c1-28-20-9-6-15(12-21(20)29-2)10-11-26-22(27)19(14-30-23(24)25)18-8-7-16-4-3-5-17(16)13-18/h6-9,12-14,23H,3-5,10-11H2,1-2H3,(H,26,27)/b19-14+. The molecule has 30 heavy (non-hydrogen) atoms. The molecule has 0 unspecified atom stereocenters. The molecule has 0 fully saturated rings. The van der Waals surface area contributed by atoms with E-state index < -0.39 is 12.5 Å². The van der Waals surface area contributed by atoms with Crippen molar-refractivity contribution < 1.29 is 27.8 Å². The summed E-state index contributed by atoms with van der Waals surface area (Å²) >= 11 is 0. The second-order valence-electron chi connectivity index (χ2n) is 6.96. The van der Waals surface area contributed by atoms with E-state index in [1.807, 2.05) is 24.3 Å². The predicted molar refractivity (Wildman–Crippen MR) is 110 cm³/mol. The fraction of sp³-hybridized carbons (Fsp3) is 0.348. The maximum atomic E-state index is 12.7. The molecule has 0 heterocycles. The Labute approximate surface area is 174 Å². The van der Waals surface area contributed by atoms with E-state index in [9.17, 15) is 13.6 Å². The quantitative estimate of drug-likeness (QED) is 0.492. The molecular weight excluding hydrogens is 392 g/mol. The Morgan fingerprint density at radius 3 is 2.57 bits per heavy atom. The molecule has 5 nitrogen and oxygen atoms in total. The lowest BCUT2D eigenvalue weighted by Crippen LogP contribution is -2.27. The zero-order valence-corrected chi connectivity index (χ0v) is 17.0. The lowest BCUT2D eigenvalue weighted by Gasteiger charge is -2.12. The molecule has 7 heteroatoms. The van der Waals surface area contributed by atoms with Crippen molar-refractivity contribution in [2.24, 2.45) is 0 Å². The van der Waals surface area contributed by atoms with E-state index >= 15 is 0 Å². The average Bonchev–Trinajstić information content (AvgIpc) is 3.21. The van der Waals surface area contributed by atoms with Gasteiger partial charge in [-0.05, 0) is 60.1 Å². The largest absolute Gasteiger partial charge is 0.493 e. The number of benzene rings is 2. The Kier molecular flexibility index (Phi) is 7.27. The minimum atomic E-state index is -2.99. The molecule has 2 aromatic carbocycles. The van der Waals surface area contributed by atoms with Gasteiger partial charge in [-0.15, -0.1) is 0 Å². The summed E-state index contributed by atoms with van der Waals surface area (Å²) in [6.07, 6.45) is 4.36. The first-order valence-corrected chi connectivity index (χ1v) is 9.77. The van der Waals surface area contributed by atoms with Crippen LogP contribution in [0.1, 0.15) is 28.7 Å². The van der Waals surface area contributed by atoms with E-state index in [4.69, 9.17) is 9.47 Å². The molecule has 0 radical (unpaired) electrons. The van der Waals surface area contributed by atoms with Gasteiger partial charge in [0.15, 0.2) is 11.5 Å². The molecule has 2 aromatic rings. The fourth-order valence-electron chi connectivity index (χ4n) is 3.56. The lowest BCUT2D eigenvalue weighted by molar-refractivity contribution is -0.116. The number of alkyl halides is 2. The van der Waals surface area contributed by atoms with E-state index in [0.717, 1.165) is 36.7 Å². The van der Waals surface area contributed by atoms with Crippen molar-refractivity contribution in [3.63, 3.8) is 0 Å². The summed E-state index contributed by atoms with van der Waals surface area (Å²) in [6.45, 7) is -2.67. The summed E-state index contributed by atoms with van der Waals surface area (Å²) in [4.78, 5) is 12.7. The van der Waals surface area contributed by atoms with Crippen LogP contribution in [0, 0.1) is 0 Å². The average molecular weight is 417 g/mol. The van der Waals surface area contributed by atoms with E-state index in [2.05, 4.69) is 10.1 Å². The molecule has 0 spiro atoms. The van der Waals surface area contributed by atoms with Gasteiger partial charge in [-0.2, -0.15) is 8.78 Å². The van der Waals surface area contributed by atoms with E-state index in [1.165, 1.54) is 5.56 Å². The molecule has 0 aromatic heterocycles. The minimum Gasteiger partial charge on any atom is -0.493 e. The molecule has 0 saturated carbocycles. The molecule has 1 N–H and O–H groups in total. The summed E-state index contributed by atoms with van der Waals surface area (Å²) in [5.74, 6) is 0.760. The third kappa shape index (κ3) is 5.28. The zero-order chi connectivity index (χ0) is 21.5. The zero-order valence-electron chi connectivity index (χ0n) is 17.0. The predicted octanol–water partition coefficient (Wildman–Crippen LogP) is 4.13. The van der Waals surface area contributed by atoms with Gasteiger partial charge in [0.1, 0.15) is 6.26 Å². The van der Waals surface area contributed by atoms with Crippen LogP contribution < -0.4 is 14.8 Å². The van der Waals surface area contributed by atoms with Crippen LogP contribution in [0.15, 0.2) is 42.7 Å². The summed E-state index contributed by atoms with van der Waals surface area (Å²) in [5, 5.41) is 2.78. The first-order valence-electron chi connectivity index (χ1n) is 9.77. The number of methoxy groups -OCH3 is 2. The fourth-order valence-corrected chi connectivity index (χ4v) is 3.56. The number of fused-ring (bicyclic) bond motifs is 1. The molecule has 160 valence electrons. The maximum absolute atomic E-state index is 12.7. The number of aryl methyl sites for hydroxylation is 2. The third-order valence-electron chi connectivity index (χ3n) is 5.09. The molecule has 0 atom stereocenters. The highest BCUT2D eigenvalue weighted by molar-refractivity contribution is 6.19. The molecule has 1 aliphatic rings. The van der Waals surface area contributed by atoms with Gasteiger partial charge in [0.25, 0.3) is 5.91 Å². The highest BCUT2D eigenvalue weighted by Crippen LogP contribution is 2.28. The normalized spacial score (nSPS) is 13.2. The number of hydrogen-bond donors (Lipinski definition) is 1. The molecule has 0 aliphatic heterocycles. The van der Waals surface area contributed by atoms with Crippen LogP contribution in [0.4, 0.5) is 8.78 Å². The SMILES string of the molecule is COc1ccc(CCNC(=O)/C(=C/OC(F)F)c2ccc3c(c2)CCC3)cc1OC. The molecule has 1 amide bonds. The van der Waals surface area contributed by atoms with Crippen molar-refractivity contribution in [3.8, 4) is 11.5 Å². The Morgan fingerprint density at radius 2 is 1.83 bits per heavy atom.